The molecule has 0 fully saturated rings. The monoisotopic (exact) mass is 230 g/mol. The summed E-state index contributed by atoms with van der Waals surface area (Å²) in [6.45, 7) is 7.28. The number of hydroxylamine groups is 4. The van der Waals surface area contributed by atoms with Crippen LogP contribution in [0.5, 0.6) is 0 Å². The SMILES string of the molecule is CC1=C(C)C(N([O-])O)C(N([O-])O)C(C)C1C. The molecule has 0 aromatic carbocycles. The molecule has 1 aliphatic rings. The van der Waals surface area contributed by atoms with E-state index in [9.17, 15) is 10.4 Å². The fourth-order valence-electron chi connectivity index (χ4n) is 2.44. The Hall–Kier alpha value is -0.500. The lowest BCUT2D eigenvalue weighted by Crippen LogP contribution is -2.54. The standard InChI is InChI=1S/C10H18N2O4/c1-5-6(2)8(4)10(12(15)16)9(7(5)3)11(13)14/h5,7,9-10,13,15H,1-4H3/q-2. The van der Waals surface area contributed by atoms with Crippen molar-refractivity contribution in [1.82, 2.24) is 10.5 Å². The third-order valence-electron chi connectivity index (χ3n) is 3.89. The molecule has 0 heterocycles. The first-order valence-corrected chi connectivity index (χ1v) is 5.26. The third-order valence-corrected chi connectivity index (χ3v) is 3.89. The molecule has 0 radical (unpaired) electrons. The van der Waals surface area contributed by atoms with Crippen LogP contribution >= 0.6 is 0 Å². The van der Waals surface area contributed by atoms with Crippen LogP contribution in [0.2, 0.25) is 0 Å². The lowest BCUT2D eigenvalue weighted by atomic mass is 9.72. The Morgan fingerprint density at radius 1 is 1.00 bits per heavy atom. The average Bonchev–Trinajstić information content (AvgIpc) is 2.18. The fourth-order valence-corrected chi connectivity index (χ4v) is 2.44. The number of rotatable bonds is 2. The maximum atomic E-state index is 11.1. The lowest BCUT2D eigenvalue weighted by Gasteiger charge is -2.51. The van der Waals surface area contributed by atoms with Gasteiger partial charge in [-0.15, -0.1) is 0 Å². The zero-order valence-electron chi connectivity index (χ0n) is 9.91. The summed E-state index contributed by atoms with van der Waals surface area (Å²) >= 11 is 0. The molecule has 94 valence electrons. The second kappa shape index (κ2) is 4.79. The average molecular weight is 230 g/mol. The van der Waals surface area contributed by atoms with Crippen LogP contribution in [-0.2, 0) is 0 Å². The van der Waals surface area contributed by atoms with Crippen molar-refractivity contribution in [1.29, 1.82) is 0 Å². The minimum atomic E-state index is -1.01. The Kier molecular flexibility index (Phi) is 4.06. The van der Waals surface area contributed by atoms with E-state index < -0.39 is 12.1 Å². The maximum absolute atomic E-state index is 11.1. The Morgan fingerprint density at radius 2 is 1.50 bits per heavy atom. The van der Waals surface area contributed by atoms with Crippen LogP contribution in [0.1, 0.15) is 27.7 Å². The van der Waals surface area contributed by atoms with Crippen LogP contribution < -0.4 is 0 Å². The van der Waals surface area contributed by atoms with Gasteiger partial charge in [-0.05, 0) is 25.7 Å². The van der Waals surface area contributed by atoms with E-state index in [0.717, 1.165) is 5.57 Å². The highest BCUT2D eigenvalue weighted by atomic mass is 16.8. The molecule has 0 bridgehead atoms. The van der Waals surface area contributed by atoms with Crippen molar-refractivity contribution >= 4 is 0 Å². The summed E-state index contributed by atoms with van der Waals surface area (Å²) in [6, 6.07) is -1.95. The van der Waals surface area contributed by atoms with Crippen molar-refractivity contribution in [3.05, 3.63) is 21.6 Å². The van der Waals surface area contributed by atoms with Gasteiger partial charge in [0.1, 0.15) is 0 Å². The van der Waals surface area contributed by atoms with E-state index in [4.69, 9.17) is 10.4 Å². The van der Waals surface area contributed by atoms with Crippen molar-refractivity contribution in [2.75, 3.05) is 0 Å². The summed E-state index contributed by atoms with van der Waals surface area (Å²) in [5, 5.41) is 39.8. The minimum Gasteiger partial charge on any atom is -0.762 e. The Labute approximate surface area is 94.8 Å². The summed E-state index contributed by atoms with van der Waals surface area (Å²) in [5.41, 5.74) is 1.62. The van der Waals surface area contributed by atoms with Gasteiger partial charge in [0.25, 0.3) is 0 Å². The van der Waals surface area contributed by atoms with Gasteiger partial charge in [0, 0.05) is 6.04 Å². The van der Waals surface area contributed by atoms with Crippen LogP contribution in [-0.4, -0.2) is 33.0 Å². The molecule has 6 heteroatoms. The molecule has 1 rings (SSSR count). The highest BCUT2D eigenvalue weighted by molar-refractivity contribution is 5.26. The van der Waals surface area contributed by atoms with Crippen LogP contribution in [0.3, 0.4) is 0 Å². The van der Waals surface area contributed by atoms with Crippen LogP contribution in [0.4, 0.5) is 0 Å². The summed E-state index contributed by atoms with van der Waals surface area (Å²) < 4.78 is 0. The molecule has 0 aromatic rings. The van der Waals surface area contributed by atoms with Gasteiger partial charge < -0.3 is 20.8 Å². The van der Waals surface area contributed by atoms with Crippen LogP contribution in [0.25, 0.3) is 0 Å². The normalized spacial score (nSPS) is 36.4. The molecule has 4 atom stereocenters. The van der Waals surface area contributed by atoms with Crippen molar-refractivity contribution in [3.8, 4) is 0 Å². The van der Waals surface area contributed by atoms with E-state index in [0.29, 0.717) is 5.57 Å². The predicted octanol–water partition coefficient (Wildman–Crippen LogP) is 1.72. The zero-order valence-corrected chi connectivity index (χ0v) is 9.91. The molecule has 1 aliphatic carbocycles. The number of allylic oxidation sites excluding steroid dienone is 1. The van der Waals surface area contributed by atoms with E-state index in [-0.39, 0.29) is 22.3 Å². The number of hydrogen-bond acceptors (Lipinski definition) is 6. The molecule has 0 amide bonds. The summed E-state index contributed by atoms with van der Waals surface area (Å²) in [7, 11) is 0. The molecular weight excluding hydrogens is 212 g/mol. The molecule has 0 spiro atoms. The Morgan fingerprint density at radius 3 is 1.88 bits per heavy atom. The van der Waals surface area contributed by atoms with Gasteiger partial charge in [-0.1, -0.05) is 25.0 Å². The molecule has 6 nitrogen and oxygen atoms in total. The van der Waals surface area contributed by atoms with Gasteiger partial charge in [-0.3, -0.25) is 10.5 Å². The first kappa shape index (κ1) is 13.6. The predicted molar refractivity (Wildman–Crippen MR) is 58.3 cm³/mol. The van der Waals surface area contributed by atoms with Crippen molar-refractivity contribution < 1.29 is 10.4 Å². The molecule has 16 heavy (non-hydrogen) atoms. The minimum absolute atomic E-state index is 0.0878. The third kappa shape index (κ3) is 2.13. The lowest BCUT2D eigenvalue weighted by molar-refractivity contribution is -0.164. The van der Waals surface area contributed by atoms with Crippen LogP contribution in [0.15, 0.2) is 11.1 Å². The Bertz CT molecular complexity index is 291. The first-order valence-electron chi connectivity index (χ1n) is 5.26. The molecule has 4 unspecified atom stereocenters. The smallest absolute Gasteiger partial charge is 0.0596 e. The summed E-state index contributed by atoms with van der Waals surface area (Å²) in [5.74, 6) is -0.121. The van der Waals surface area contributed by atoms with E-state index in [2.05, 4.69) is 0 Å². The maximum Gasteiger partial charge on any atom is 0.0596 e. The number of hydrogen-bond donors (Lipinski definition) is 2. The van der Waals surface area contributed by atoms with Gasteiger partial charge in [-0.2, -0.15) is 0 Å². The quantitative estimate of drug-likeness (QED) is 0.554. The van der Waals surface area contributed by atoms with Gasteiger partial charge in [0.05, 0.1) is 6.04 Å². The second-order valence-corrected chi connectivity index (χ2v) is 4.55. The molecular formula is C10H18N2O4-2. The van der Waals surface area contributed by atoms with E-state index in [1.54, 1.807) is 13.8 Å². The highest BCUT2D eigenvalue weighted by Crippen LogP contribution is 2.38. The molecule has 0 saturated carbocycles. The molecule has 0 aromatic heterocycles. The summed E-state index contributed by atoms with van der Waals surface area (Å²) in [6.07, 6.45) is 0. The summed E-state index contributed by atoms with van der Waals surface area (Å²) in [4.78, 5) is 0. The van der Waals surface area contributed by atoms with E-state index >= 15 is 0 Å². The van der Waals surface area contributed by atoms with Gasteiger partial charge in [0.15, 0.2) is 0 Å². The second-order valence-electron chi connectivity index (χ2n) is 4.55. The molecule has 0 aliphatic heterocycles. The Balaban J connectivity index is 3.18. The van der Waals surface area contributed by atoms with Gasteiger partial charge in [-0.25, -0.2) is 0 Å². The number of nitrogens with zero attached hydrogens (tertiary/aromatic N) is 2. The largest absolute Gasteiger partial charge is 0.762 e. The highest BCUT2D eigenvalue weighted by Gasteiger charge is 2.38. The van der Waals surface area contributed by atoms with Gasteiger partial charge >= 0.3 is 0 Å². The fraction of sp³-hybridized carbons (Fsp3) is 0.800. The molecule has 0 saturated heterocycles. The van der Waals surface area contributed by atoms with E-state index in [1.807, 2.05) is 13.8 Å². The zero-order chi connectivity index (χ0) is 12.6. The van der Waals surface area contributed by atoms with Crippen molar-refractivity contribution in [2.45, 2.75) is 39.8 Å². The molecule has 2 N–H and O–H groups in total. The van der Waals surface area contributed by atoms with E-state index in [1.165, 1.54) is 0 Å². The van der Waals surface area contributed by atoms with Crippen molar-refractivity contribution in [2.24, 2.45) is 11.8 Å². The van der Waals surface area contributed by atoms with Gasteiger partial charge in [0.2, 0.25) is 0 Å². The van der Waals surface area contributed by atoms with Crippen LogP contribution in [0, 0.1) is 22.3 Å². The topological polar surface area (TPSA) is 93.1 Å². The van der Waals surface area contributed by atoms with Crippen molar-refractivity contribution in [3.63, 3.8) is 0 Å². The first-order chi connectivity index (χ1) is 7.29.